The van der Waals surface area contributed by atoms with E-state index in [2.05, 4.69) is 9.80 Å². The summed E-state index contributed by atoms with van der Waals surface area (Å²) in [4.78, 5) is 32.0. The fourth-order valence-corrected chi connectivity index (χ4v) is 5.20. The van der Waals surface area contributed by atoms with Gasteiger partial charge in [0.1, 0.15) is 11.4 Å². The Morgan fingerprint density at radius 2 is 1.70 bits per heavy atom. The van der Waals surface area contributed by atoms with E-state index < -0.39 is 5.54 Å². The largest absolute Gasteiger partial charge is 0.339 e. The zero-order valence-corrected chi connectivity index (χ0v) is 19.4. The summed E-state index contributed by atoms with van der Waals surface area (Å²) in [6, 6.07) is 15.6. The van der Waals surface area contributed by atoms with Crippen LogP contribution in [0.2, 0.25) is 0 Å². The number of carbonyl (C=O) groups is 2. The van der Waals surface area contributed by atoms with Gasteiger partial charge in [0.2, 0.25) is 5.91 Å². The van der Waals surface area contributed by atoms with Crippen LogP contribution in [0.25, 0.3) is 0 Å². The molecule has 1 spiro atoms. The van der Waals surface area contributed by atoms with Gasteiger partial charge in [0.15, 0.2) is 5.78 Å². The van der Waals surface area contributed by atoms with Crippen molar-refractivity contribution in [3.8, 4) is 0 Å². The number of benzene rings is 2. The zero-order valence-electron chi connectivity index (χ0n) is 18.6. The van der Waals surface area contributed by atoms with E-state index in [0.717, 1.165) is 31.7 Å². The molecule has 4 rings (SSSR count). The molecule has 1 amide bonds. The van der Waals surface area contributed by atoms with Crippen molar-refractivity contribution in [1.82, 2.24) is 9.80 Å². The van der Waals surface area contributed by atoms with E-state index >= 15 is 0 Å². The molecule has 8 heteroatoms. The van der Waals surface area contributed by atoms with Gasteiger partial charge in [-0.3, -0.25) is 9.59 Å². The van der Waals surface area contributed by atoms with Crippen molar-refractivity contribution in [3.05, 3.63) is 66.0 Å². The van der Waals surface area contributed by atoms with Gasteiger partial charge in [0, 0.05) is 55.2 Å². The molecular weight excluding hydrogens is 444 g/mol. The van der Waals surface area contributed by atoms with Crippen LogP contribution in [0.1, 0.15) is 36.0 Å². The standard InChI is InChI=1S/C25H29F2N3O2S/c26-21-10-8-20(9-11-21)23(31)7-4-14-28-15-12-25(13-16-28)24(32)29(17-18-33-27)19-30(25)22-5-2-1-3-6-22/h1-3,5-6,8-11H,4,7,12-19H2. The number of hydrogen-bond donors (Lipinski definition) is 0. The Morgan fingerprint density at radius 3 is 2.36 bits per heavy atom. The van der Waals surface area contributed by atoms with Crippen molar-refractivity contribution in [3.63, 3.8) is 0 Å². The maximum Gasteiger partial charge on any atom is 0.250 e. The molecule has 176 valence electrons. The minimum Gasteiger partial charge on any atom is -0.339 e. The molecule has 33 heavy (non-hydrogen) atoms. The number of piperidine rings is 1. The van der Waals surface area contributed by atoms with Crippen LogP contribution in [0, 0.1) is 5.82 Å². The van der Waals surface area contributed by atoms with Gasteiger partial charge in [-0.05, 0) is 62.2 Å². The summed E-state index contributed by atoms with van der Waals surface area (Å²) in [6.45, 7) is 3.21. The third-order valence-electron chi connectivity index (χ3n) is 6.75. The molecule has 0 radical (unpaired) electrons. The summed E-state index contributed by atoms with van der Waals surface area (Å²) >= 11 is 0.267. The van der Waals surface area contributed by atoms with Gasteiger partial charge in [-0.15, -0.1) is 0 Å². The van der Waals surface area contributed by atoms with Crippen molar-refractivity contribution in [1.29, 1.82) is 0 Å². The molecule has 2 heterocycles. The minimum atomic E-state index is -0.594. The van der Waals surface area contributed by atoms with Gasteiger partial charge < -0.3 is 14.7 Å². The van der Waals surface area contributed by atoms with E-state index in [1.165, 1.54) is 24.3 Å². The average molecular weight is 474 g/mol. The number of ketones is 1. The van der Waals surface area contributed by atoms with Gasteiger partial charge >= 0.3 is 0 Å². The summed E-state index contributed by atoms with van der Waals surface area (Å²) < 4.78 is 25.8. The molecule has 2 aliphatic rings. The highest BCUT2D eigenvalue weighted by Crippen LogP contribution is 2.39. The van der Waals surface area contributed by atoms with Crippen LogP contribution in [0.3, 0.4) is 0 Å². The second-order valence-corrected chi connectivity index (χ2v) is 9.32. The van der Waals surface area contributed by atoms with Crippen LogP contribution >= 0.6 is 12.1 Å². The van der Waals surface area contributed by atoms with E-state index in [-0.39, 0.29) is 35.4 Å². The number of hydrogen-bond acceptors (Lipinski definition) is 5. The molecule has 0 unspecified atom stereocenters. The lowest BCUT2D eigenvalue weighted by atomic mass is 9.85. The zero-order chi connectivity index (χ0) is 23.3. The Hall–Kier alpha value is -2.45. The number of rotatable bonds is 9. The van der Waals surface area contributed by atoms with Gasteiger partial charge in [-0.1, -0.05) is 18.2 Å². The van der Waals surface area contributed by atoms with Crippen LogP contribution in [0.15, 0.2) is 54.6 Å². The van der Waals surface area contributed by atoms with Gasteiger partial charge in [0.05, 0.1) is 6.67 Å². The molecule has 5 nitrogen and oxygen atoms in total. The Kier molecular flexibility index (Phi) is 7.65. The third kappa shape index (κ3) is 5.22. The quantitative estimate of drug-likeness (QED) is 0.500. The highest BCUT2D eigenvalue weighted by molar-refractivity contribution is 7.94. The first-order chi connectivity index (χ1) is 16.0. The third-order valence-corrected chi connectivity index (χ3v) is 7.08. The topological polar surface area (TPSA) is 43.9 Å². The fourth-order valence-electron chi connectivity index (χ4n) is 4.91. The van der Waals surface area contributed by atoms with Crippen LogP contribution in [0.4, 0.5) is 14.0 Å². The lowest BCUT2D eigenvalue weighted by molar-refractivity contribution is -0.133. The molecule has 0 saturated carbocycles. The molecular formula is C25H29F2N3O2S. The molecule has 2 fully saturated rings. The molecule has 0 aromatic heterocycles. The first-order valence-electron chi connectivity index (χ1n) is 11.4. The molecule has 0 aliphatic carbocycles. The maximum atomic E-state index is 13.4. The summed E-state index contributed by atoms with van der Waals surface area (Å²) in [5.74, 6) is 0.0398. The van der Waals surface area contributed by atoms with Gasteiger partial charge in [-0.25, -0.2) is 4.39 Å². The van der Waals surface area contributed by atoms with Crippen LogP contribution in [0.5, 0.6) is 0 Å². The van der Waals surface area contributed by atoms with Crippen LogP contribution in [-0.4, -0.2) is 65.6 Å². The van der Waals surface area contributed by atoms with E-state index in [1.54, 1.807) is 4.90 Å². The Bertz CT molecular complexity index is 950. The first-order valence-corrected chi connectivity index (χ1v) is 12.3. The molecule has 0 bridgehead atoms. The second-order valence-electron chi connectivity index (χ2n) is 8.69. The normalized spacial score (nSPS) is 18.3. The predicted molar refractivity (Wildman–Crippen MR) is 127 cm³/mol. The molecule has 2 aliphatic heterocycles. The average Bonchev–Trinajstić information content (AvgIpc) is 3.11. The monoisotopic (exact) mass is 473 g/mol. The van der Waals surface area contributed by atoms with Gasteiger partial charge in [0.25, 0.3) is 0 Å². The summed E-state index contributed by atoms with van der Waals surface area (Å²) in [5.41, 5.74) is 0.957. The minimum absolute atomic E-state index is 0.0195. The Morgan fingerprint density at radius 1 is 1.00 bits per heavy atom. The fraction of sp³-hybridized carbons (Fsp3) is 0.440. The van der Waals surface area contributed by atoms with Crippen molar-refractivity contribution in [2.45, 2.75) is 31.2 Å². The van der Waals surface area contributed by atoms with Crippen molar-refractivity contribution in [2.75, 3.05) is 43.5 Å². The molecule has 0 N–H and O–H groups in total. The number of para-hydroxylation sites is 1. The first kappa shape index (κ1) is 23.7. The highest BCUT2D eigenvalue weighted by Gasteiger charge is 2.53. The summed E-state index contributed by atoms with van der Waals surface area (Å²) in [6.07, 6.45) is 2.54. The predicted octanol–water partition coefficient (Wildman–Crippen LogP) is 4.55. The van der Waals surface area contributed by atoms with Crippen molar-refractivity contribution in [2.24, 2.45) is 0 Å². The van der Waals surface area contributed by atoms with Crippen molar-refractivity contribution >= 4 is 29.5 Å². The molecule has 2 saturated heterocycles. The summed E-state index contributed by atoms with van der Waals surface area (Å²) in [7, 11) is 0. The maximum absolute atomic E-state index is 13.4. The molecule has 0 atom stereocenters. The lowest BCUT2D eigenvalue weighted by Crippen LogP contribution is -2.56. The Balaban J connectivity index is 1.36. The number of amides is 1. The molecule has 2 aromatic carbocycles. The van der Waals surface area contributed by atoms with Crippen molar-refractivity contribution < 1.29 is 17.9 Å². The SMILES string of the molecule is O=C(CCCN1CCC2(CC1)C(=O)N(CCSF)CN2c1ccccc1)c1ccc(F)cc1. The number of carbonyl (C=O) groups excluding carboxylic acids is 2. The number of anilines is 1. The number of halogens is 2. The van der Waals surface area contributed by atoms with E-state index in [4.69, 9.17) is 0 Å². The molecule has 2 aromatic rings. The number of likely N-dealkylation sites (tertiary alicyclic amines) is 1. The van der Waals surface area contributed by atoms with E-state index in [9.17, 15) is 17.9 Å². The van der Waals surface area contributed by atoms with E-state index in [0.29, 0.717) is 38.0 Å². The number of nitrogens with zero attached hydrogens (tertiary/aromatic N) is 3. The van der Waals surface area contributed by atoms with Crippen LogP contribution in [-0.2, 0) is 4.79 Å². The van der Waals surface area contributed by atoms with Crippen LogP contribution < -0.4 is 4.90 Å². The van der Waals surface area contributed by atoms with E-state index in [1.807, 2.05) is 30.3 Å². The van der Waals surface area contributed by atoms with Gasteiger partial charge in [-0.2, -0.15) is 3.89 Å². The Labute approximate surface area is 198 Å². The number of Topliss-reactive ketones (excluding diaryl/α,β-unsaturated/α-hetero) is 1. The smallest absolute Gasteiger partial charge is 0.250 e. The second kappa shape index (κ2) is 10.7. The summed E-state index contributed by atoms with van der Waals surface area (Å²) in [5, 5.41) is 0. The lowest BCUT2D eigenvalue weighted by Gasteiger charge is -2.43. The highest BCUT2D eigenvalue weighted by atomic mass is 32.2.